The molecule has 0 saturated heterocycles. The van der Waals surface area contributed by atoms with Crippen LogP contribution in [0.25, 0.3) is 0 Å². The van der Waals surface area contributed by atoms with E-state index in [-0.39, 0.29) is 0 Å². The van der Waals surface area contributed by atoms with Crippen LogP contribution in [0.5, 0.6) is 0 Å². The summed E-state index contributed by atoms with van der Waals surface area (Å²) < 4.78 is 0. The molecule has 0 amide bonds. The van der Waals surface area contributed by atoms with Crippen molar-refractivity contribution in [3.63, 3.8) is 0 Å². The van der Waals surface area contributed by atoms with Crippen molar-refractivity contribution >= 4 is 11.4 Å². The van der Waals surface area contributed by atoms with E-state index in [1.807, 2.05) is 0 Å². The van der Waals surface area contributed by atoms with Gasteiger partial charge in [0, 0.05) is 38.8 Å². The first kappa shape index (κ1) is 10.9. The zero-order valence-electron chi connectivity index (χ0n) is 10.7. The third-order valence-electron chi connectivity index (χ3n) is 4.01. The summed E-state index contributed by atoms with van der Waals surface area (Å²) in [4.78, 5) is 5.07. The molecule has 17 heavy (non-hydrogen) atoms. The Kier molecular flexibility index (Phi) is 2.71. The Bertz CT molecular complexity index is 416. The van der Waals surface area contributed by atoms with Gasteiger partial charge < -0.3 is 15.1 Å². The quantitative estimate of drug-likeness (QED) is 0.795. The molecule has 0 spiro atoms. The van der Waals surface area contributed by atoms with E-state index in [2.05, 4.69) is 47.2 Å². The summed E-state index contributed by atoms with van der Waals surface area (Å²) in [6, 6.07) is 7.32. The maximum atomic E-state index is 3.55. The largest absolute Gasteiger partial charge is 0.368 e. The molecule has 0 aromatic heterocycles. The molecule has 1 aromatic carbocycles. The molecule has 3 nitrogen and oxygen atoms in total. The number of likely N-dealkylation sites (N-methyl/N-ethyl adjacent to an activating group) is 1. The molecule has 0 saturated carbocycles. The molecular formula is C14H21N3. The van der Waals surface area contributed by atoms with Gasteiger partial charge in [0.25, 0.3) is 0 Å². The molecule has 1 unspecified atom stereocenters. The third kappa shape index (κ3) is 1.69. The molecule has 0 aliphatic carbocycles. The molecule has 0 radical (unpaired) electrons. The third-order valence-corrected chi connectivity index (χ3v) is 4.01. The molecule has 2 aliphatic heterocycles. The lowest BCUT2D eigenvalue weighted by Crippen LogP contribution is -2.46. The molecule has 3 heteroatoms. The summed E-state index contributed by atoms with van der Waals surface area (Å²) in [6.07, 6.45) is 0. The molecule has 1 atom stereocenters. The minimum atomic E-state index is 0.594. The molecule has 92 valence electrons. The van der Waals surface area contributed by atoms with E-state index in [0.717, 1.165) is 32.7 Å². The number of para-hydroxylation sites is 1. The van der Waals surface area contributed by atoms with Gasteiger partial charge in [0.1, 0.15) is 0 Å². The van der Waals surface area contributed by atoms with Crippen LogP contribution in [-0.4, -0.2) is 32.2 Å². The van der Waals surface area contributed by atoms with Crippen molar-refractivity contribution in [1.29, 1.82) is 0 Å². The molecule has 3 rings (SSSR count). The van der Waals surface area contributed by atoms with Crippen molar-refractivity contribution in [3.05, 3.63) is 23.8 Å². The Labute approximate surface area is 103 Å². The summed E-state index contributed by atoms with van der Waals surface area (Å²) >= 11 is 0. The minimum absolute atomic E-state index is 0.594. The molecule has 0 fully saturated rings. The van der Waals surface area contributed by atoms with Crippen LogP contribution in [0.1, 0.15) is 19.4 Å². The van der Waals surface area contributed by atoms with Gasteiger partial charge in [-0.3, -0.25) is 0 Å². The summed E-state index contributed by atoms with van der Waals surface area (Å²) in [5, 5.41) is 3.55. The van der Waals surface area contributed by atoms with Gasteiger partial charge in [-0.25, -0.2) is 0 Å². The first-order valence-electron chi connectivity index (χ1n) is 6.65. The van der Waals surface area contributed by atoms with Crippen LogP contribution >= 0.6 is 0 Å². The topological polar surface area (TPSA) is 18.5 Å². The second-order valence-corrected chi connectivity index (χ2v) is 5.04. The Morgan fingerprint density at radius 2 is 2.24 bits per heavy atom. The van der Waals surface area contributed by atoms with Gasteiger partial charge in [-0.1, -0.05) is 12.1 Å². The lowest BCUT2D eigenvalue weighted by Gasteiger charge is -2.41. The van der Waals surface area contributed by atoms with Crippen molar-refractivity contribution < 1.29 is 0 Å². The van der Waals surface area contributed by atoms with Crippen LogP contribution in [0.15, 0.2) is 18.2 Å². The van der Waals surface area contributed by atoms with E-state index in [4.69, 9.17) is 0 Å². The van der Waals surface area contributed by atoms with Gasteiger partial charge in [0.15, 0.2) is 0 Å². The van der Waals surface area contributed by atoms with Gasteiger partial charge in [0.2, 0.25) is 0 Å². The summed E-state index contributed by atoms with van der Waals surface area (Å²) in [6.45, 7) is 10.1. The fourth-order valence-electron chi connectivity index (χ4n) is 3.06. The SMILES string of the molecule is CCN1CCN2c3c(cccc31)CNCC2C. The lowest BCUT2D eigenvalue weighted by atomic mass is 10.1. The highest BCUT2D eigenvalue weighted by molar-refractivity contribution is 5.77. The van der Waals surface area contributed by atoms with Crippen LogP contribution < -0.4 is 15.1 Å². The standard InChI is InChI=1S/C14H21N3/c1-3-16-7-8-17-11(2)9-15-10-12-5-4-6-13(16)14(12)17/h4-6,11,15H,3,7-10H2,1-2H3. The number of hydrogen-bond acceptors (Lipinski definition) is 3. The van der Waals surface area contributed by atoms with Crippen molar-refractivity contribution in [1.82, 2.24) is 5.32 Å². The average molecular weight is 231 g/mol. The van der Waals surface area contributed by atoms with Crippen molar-refractivity contribution in [3.8, 4) is 0 Å². The van der Waals surface area contributed by atoms with E-state index in [9.17, 15) is 0 Å². The van der Waals surface area contributed by atoms with E-state index >= 15 is 0 Å². The van der Waals surface area contributed by atoms with E-state index < -0.39 is 0 Å². The molecule has 0 bridgehead atoms. The predicted molar refractivity (Wildman–Crippen MR) is 72.8 cm³/mol. The van der Waals surface area contributed by atoms with Gasteiger partial charge >= 0.3 is 0 Å². The first-order chi connectivity index (χ1) is 8.31. The number of hydrogen-bond donors (Lipinski definition) is 1. The number of nitrogens with zero attached hydrogens (tertiary/aromatic N) is 2. The first-order valence-corrected chi connectivity index (χ1v) is 6.65. The van der Waals surface area contributed by atoms with E-state index in [1.165, 1.54) is 16.9 Å². The van der Waals surface area contributed by atoms with Crippen LogP contribution in [0.4, 0.5) is 11.4 Å². The van der Waals surface area contributed by atoms with Crippen LogP contribution in [0.3, 0.4) is 0 Å². The highest BCUT2D eigenvalue weighted by atomic mass is 15.3. The molecule has 1 aromatic rings. The fourth-order valence-corrected chi connectivity index (χ4v) is 3.06. The Balaban J connectivity index is 2.13. The zero-order valence-corrected chi connectivity index (χ0v) is 10.7. The van der Waals surface area contributed by atoms with Crippen LogP contribution in [0, 0.1) is 0 Å². The smallest absolute Gasteiger partial charge is 0.0653 e. The number of anilines is 2. The minimum Gasteiger partial charge on any atom is -0.368 e. The number of benzene rings is 1. The summed E-state index contributed by atoms with van der Waals surface area (Å²) in [7, 11) is 0. The van der Waals surface area contributed by atoms with Crippen molar-refractivity contribution in [2.75, 3.05) is 36.0 Å². The van der Waals surface area contributed by atoms with Crippen LogP contribution in [0.2, 0.25) is 0 Å². The maximum absolute atomic E-state index is 3.55. The Morgan fingerprint density at radius 1 is 1.35 bits per heavy atom. The van der Waals surface area contributed by atoms with E-state index in [1.54, 1.807) is 0 Å². The molecule has 1 N–H and O–H groups in total. The monoisotopic (exact) mass is 231 g/mol. The second-order valence-electron chi connectivity index (χ2n) is 5.04. The zero-order chi connectivity index (χ0) is 11.8. The normalized spacial score (nSPS) is 23.3. The highest BCUT2D eigenvalue weighted by Crippen LogP contribution is 2.38. The average Bonchev–Trinajstić information content (AvgIpc) is 2.52. The predicted octanol–water partition coefficient (Wildman–Crippen LogP) is 1.82. The van der Waals surface area contributed by atoms with E-state index in [0.29, 0.717) is 6.04 Å². The lowest BCUT2D eigenvalue weighted by molar-refractivity contribution is 0.572. The molecular weight excluding hydrogens is 210 g/mol. The number of nitrogens with one attached hydrogen (secondary N) is 1. The maximum Gasteiger partial charge on any atom is 0.0653 e. The fraction of sp³-hybridized carbons (Fsp3) is 0.571. The Morgan fingerprint density at radius 3 is 3.06 bits per heavy atom. The van der Waals surface area contributed by atoms with Gasteiger partial charge in [-0.2, -0.15) is 0 Å². The van der Waals surface area contributed by atoms with Gasteiger partial charge in [0.05, 0.1) is 11.4 Å². The van der Waals surface area contributed by atoms with Crippen LogP contribution in [-0.2, 0) is 6.54 Å². The van der Waals surface area contributed by atoms with Gasteiger partial charge in [-0.15, -0.1) is 0 Å². The number of rotatable bonds is 1. The molecule has 2 aliphatic rings. The summed E-state index contributed by atoms with van der Waals surface area (Å²) in [5.41, 5.74) is 4.34. The second kappa shape index (κ2) is 4.22. The van der Waals surface area contributed by atoms with Crippen molar-refractivity contribution in [2.45, 2.75) is 26.4 Å². The molecule has 2 heterocycles. The Hall–Kier alpha value is -1.22. The highest BCUT2D eigenvalue weighted by Gasteiger charge is 2.28. The van der Waals surface area contributed by atoms with Gasteiger partial charge in [-0.05, 0) is 25.5 Å². The van der Waals surface area contributed by atoms with Crippen molar-refractivity contribution in [2.24, 2.45) is 0 Å². The summed E-state index contributed by atoms with van der Waals surface area (Å²) in [5.74, 6) is 0.